The Morgan fingerprint density at radius 3 is 2.53 bits per heavy atom. The van der Waals surface area contributed by atoms with Gasteiger partial charge in [0.1, 0.15) is 5.76 Å². The van der Waals surface area contributed by atoms with E-state index in [1.54, 1.807) is 24.9 Å². The molecule has 2 aromatic rings. The molecule has 1 fully saturated rings. The lowest BCUT2D eigenvalue weighted by atomic mass is 9.59. The largest absolute Gasteiger partial charge is 0.497 e. The summed E-state index contributed by atoms with van der Waals surface area (Å²) in [6.07, 6.45) is 2.84. The molecule has 8 heteroatoms. The lowest BCUT2D eigenvalue weighted by molar-refractivity contribution is -0.134. The Labute approximate surface area is 223 Å². The number of halogens is 1. The quantitative estimate of drug-likeness (QED) is 0.332. The Bertz CT molecular complexity index is 1310. The van der Waals surface area contributed by atoms with E-state index in [0.29, 0.717) is 12.2 Å². The van der Waals surface area contributed by atoms with E-state index in [4.69, 9.17) is 14.2 Å². The van der Waals surface area contributed by atoms with Gasteiger partial charge in [0.15, 0.2) is 11.5 Å². The van der Waals surface area contributed by atoms with Crippen molar-refractivity contribution in [2.24, 2.45) is 5.92 Å². The normalized spacial score (nSPS) is 26.5. The molecule has 5 rings (SSSR count). The van der Waals surface area contributed by atoms with Crippen LogP contribution in [-0.2, 0) is 19.7 Å². The molecule has 1 heterocycles. The highest BCUT2D eigenvalue weighted by atomic mass is 79.9. The van der Waals surface area contributed by atoms with Gasteiger partial charge >= 0.3 is 11.9 Å². The number of nitrogens with zero attached hydrogens (tertiary/aromatic N) is 1. The number of rotatable bonds is 5. The van der Waals surface area contributed by atoms with Gasteiger partial charge in [-0.3, -0.25) is 9.59 Å². The van der Waals surface area contributed by atoms with Gasteiger partial charge in [-0.25, -0.2) is 0 Å². The van der Waals surface area contributed by atoms with Crippen LogP contribution in [0, 0.1) is 5.92 Å². The van der Waals surface area contributed by atoms with Crippen LogP contribution in [0.25, 0.3) is 0 Å². The SMILES string of the molecule is C=C1C[C@@]23CN(C)[C@@H]([C@H](Sc4ccccc4Br)c4ccc(OC(C)=O)c(OC(C)=O)c42)[C@H]3C=C1OC. The minimum absolute atomic E-state index is 0.0192. The van der Waals surface area contributed by atoms with Gasteiger partial charge in [0.2, 0.25) is 0 Å². The van der Waals surface area contributed by atoms with E-state index in [9.17, 15) is 9.59 Å². The van der Waals surface area contributed by atoms with E-state index in [2.05, 4.69) is 46.6 Å². The molecule has 2 aliphatic carbocycles. The number of likely N-dealkylation sites (N-methyl/N-ethyl adjacent to an activating group) is 1. The Hall–Kier alpha value is -2.55. The van der Waals surface area contributed by atoms with E-state index in [1.807, 2.05) is 24.3 Å². The van der Waals surface area contributed by atoms with Crippen molar-refractivity contribution in [3.63, 3.8) is 0 Å². The van der Waals surface area contributed by atoms with Crippen LogP contribution in [-0.4, -0.2) is 43.6 Å². The highest BCUT2D eigenvalue weighted by molar-refractivity contribution is 9.10. The van der Waals surface area contributed by atoms with Crippen LogP contribution < -0.4 is 9.47 Å². The van der Waals surface area contributed by atoms with Crippen LogP contribution in [0.15, 0.2) is 69.8 Å². The fourth-order valence-electron chi connectivity index (χ4n) is 6.21. The minimum atomic E-state index is -0.469. The van der Waals surface area contributed by atoms with Gasteiger partial charge in [0.05, 0.1) is 12.4 Å². The van der Waals surface area contributed by atoms with Crippen LogP contribution >= 0.6 is 27.7 Å². The standard InChI is InChI=1S/C28H28BrNO5S/c1-15-13-28-14-30(4)25(19(28)12-22(15)33-5)27(36-23-9-7-6-8-20(23)29)18-10-11-21(34-16(2)31)26(24(18)28)35-17(3)32/h6-12,19,25,27H,1,13-14H2,2-5H3/t19-,25-,27-,28+/m1/s1. The molecule has 4 atom stereocenters. The Kier molecular flexibility index (Phi) is 6.55. The molecule has 0 amide bonds. The first kappa shape index (κ1) is 25.1. The molecule has 0 radical (unpaired) electrons. The van der Waals surface area contributed by atoms with Gasteiger partial charge in [-0.2, -0.15) is 0 Å². The van der Waals surface area contributed by atoms with Crippen LogP contribution in [0.2, 0.25) is 0 Å². The second-order valence-electron chi connectivity index (χ2n) is 9.62. The molecule has 1 saturated heterocycles. The number of likely N-dealkylation sites (tertiary alicyclic amines) is 1. The van der Waals surface area contributed by atoms with Gasteiger partial charge in [-0.15, -0.1) is 11.8 Å². The molecule has 0 aromatic heterocycles. The first-order chi connectivity index (χ1) is 17.2. The number of carbonyl (C=O) groups excluding carboxylic acids is 2. The topological polar surface area (TPSA) is 65.1 Å². The zero-order chi connectivity index (χ0) is 25.8. The average molecular weight is 571 g/mol. The number of thioether (sulfide) groups is 1. The number of esters is 2. The number of fused-ring (bicyclic) bond motifs is 1. The Morgan fingerprint density at radius 2 is 1.86 bits per heavy atom. The Balaban J connectivity index is 1.79. The molecule has 1 aliphatic heterocycles. The van der Waals surface area contributed by atoms with E-state index >= 15 is 0 Å². The summed E-state index contributed by atoms with van der Waals surface area (Å²) >= 11 is 5.48. The van der Waals surface area contributed by atoms with E-state index in [1.165, 1.54) is 13.8 Å². The fourth-order valence-corrected chi connectivity index (χ4v) is 8.22. The summed E-state index contributed by atoms with van der Waals surface area (Å²) in [4.78, 5) is 27.8. The van der Waals surface area contributed by atoms with Crippen molar-refractivity contribution in [3.8, 4) is 11.5 Å². The van der Waals surface area contributed by atoms with E-state index in [-0.39, 0.29) is 23.0 Å². The zero-order valence-corrected chi connectivity index (χ0v) is 23.1. The lowest BCUT2D eigenvalue weighted by Crippen LogP contribution is -2.45. The molecule has 2 bridgehead atoms. The predicted octanol–water partition coefficient (Wildman–Crippen LogP) is 5.80. The maximum absolute atomic E-state index is 12.3. The molecule has 2 aromatic carbocycles. The van der Waals surface area contributed by atoms with Crippen LogP contribution in [0.3, 0.4) is 0 Å². The summed E-state index contributed by atoms with van der Waals surface area (Å²) in [5, 5.41) is 0.0192. The van der Waals surface area contributed by atoms with Gasteiger partial charge in [0, 0.05) is 52.7 Å². The fraction of sp³-hybridized carbons (Fsp3) is 0.357. The van der Waals surface area contributed by atoms with Gasteiger partial charge in [-0.05, 0) is 64.8 Å². The molecule has 0 saturated carbocycles. The zero-order valence-electron chi connectivity index (χ0n) is 20.7. The smallest absolute Gasteiger partial charge is 0.308 e. The third-order valence-electron chi connectivity index (χ3n) is 7.33. The monoisotopic (exact) mass is 569 g/mol. The molecule has 36 heavy (non-hydrogen) atoms. The number of hydrogen-bond acceptors (Lipinski definition) is 7. The highest BCUT2D eigenvalue weighted by Gasteiger charge is 2.62. The lowest BCUT2D eigenvalue weighted by Gasteiger charge is -2.47. The van der Waals surface area contributed by atoms with Gasteiger partial charge in [0.25, 0.3) is 0 Å². The number of ether oxygens (including phenoxy) is 3. The van der Waals surface area contributed by atoms with Crippen molar-refractivity contribution in [2.75, 3.05) is 20.7 Å². The van der Waals surface area contributed by atoms with Crippen molar-refractivity contribution >= 4 is 39.6 Å². The maximum Gasteiger partial charge on any atom is 0.308 e. The second-order valence-corrected chi connectivity index (χ2v) is 11.7. The molecular weight excluding hydrogens is 542 g/mol. The first-order valence-corrected chi connectivity index (χ1v) is 13.4. The molecule has 6 nitrogen and oxygen atoms in total. The molecule has 0 N–H and O–H groups in total. The van der Waals surface area contributed by atoms with Crippen LogP contribution in [0.5, 0.6) is 11.5 Å². The van der Waals surface area contributed by atoms with E-state index in [0.717, 1.165) is 38.4 Å². The molecule has 188 valence electrons. The summed E-state index contributed by atoms with van der Waals surface area (Å²) in [6, 6.07) is 12.1. The molecular formula is C28H28BrNO5S. The van der Waals surface area contributed by atoms with Gasteiger partial charge < -0.3 is 19.1 Å². The maximum atomic E-state index is 12.3. The summed E-state index contributed by atoms with van der Waals surface area (Å²) in [7, 11) is 3.82. The van der Waals surface area contributed by atoms with Crippen molar-refractivity contribution in [2.45, 2.75) is 41.9 Å². The molecule has 0 unspecified atom stereocenters. The summed E-state index contributed by atoms with van der Waals surface area (Å²) in [6.45, 7) is 7.77. The van der Waals surface area contributed by atoms with Gasteiger partial charge in [-0.1, -0.05) is 24.8 Å². The molecule has 3 aliphatic rings. The minimum Gasteiger partial charge on any atom is -0.497 e. The molecule has 0 spiro atoms. The van der Waals surface area contributed by atoms with E-state index < -0.39 is 17.4 Å². The average Bonchev–Trinajstić information content (AvgIpc) is 3.04. The third-order valence-corrected chi connectivity index (χ3v) is 9.68. The van der Waals surface area contributed by atoms with Crippen LogP contribution in [0.1, 0.15) is 36.6 Å². The summed E-state index contributed by atoms with van der Waals surface area (Å²) in [5.74, 6) is 0.536. The van der Waals surface area contributed by atoms with Crippen LogP contribution in [0.4, 0.5) is 0 Å². The Morgan fingerprint density at radius 1 is 1.14 bits per heavy atom. The predicted molar refractivity (Wildman–Crippen MR) is 142 cm³/mol. The number of hydrogen-bond donors (Lipinski definition) is 0. The summed E-state index contributed by atoms with van der Waals surface area (Å²) < 4.78 is 18.1. The second kappa shape index (κ2) is 9.39. The van der Waals surface area contributed by atoms with Crippen molar-refractivity contribution in [1.29, 1.82) is 0 Å². The number of methoxy groups -OCH3 is 1. The summed E-state index contributed by atoms with van der Waals surface area (Å²) in [5.41, 5.74) is 2.49. The van der Waals surface area contributed by atoms with Crippen molar-refractivity contribution in [1.82, 2.24) is 4.90 Å². The number of allylic oxidation sites excluding steroid dienone is 1. The van der Waals surface area contributed by atoms with Crippen molar-refractivity contribution < 1.29 is 23.8 Å². The van der Waals surface area contributed by atoms with Crippen molar-refractivity contribution in [3.05, 3.63) is 76.0 Å². The number of benzene rings is 2. The third kappa shape index (κ3) is 3.99. The number of carbonyl (C=O) groups is 2. The first-order valence-electron chi connectivity index (χ1n) is 11.8. The highest BCUT2D eigenvalue weighted by Crippen LogP contribution is 2.65.